The van der Waals surface area contributed by atoms with E-state index in [-0.39, 0.29) is 0 Å². The molecule has 1 aliphatic carbocycles. The van der Waals surface area contributed by atoms with Gasteiger partial charge in [-0.05, 0) is 37.5 Å². The van der Waals surface area contributed by atoms with Gasteiger partial charge >= 0.3 is 0 Å². The minimum absolute atomic E-state index is 0.382. The summed E-state index contributed by atoms with van der Waals surface area (Å²) in [4.78, 5) is 0. The Morgan fingerprint density at radius 1 is 1.30 bits per heavy atom. The molecule has 0 aromatic carbocycles. The Balaban J connectivity index is 1.93. The monoisotopic (exact) mass is 142 g/mol. The predicted molar refractivity (Wildman–Crippen MR) is 42.8 cm³/mol. The van der Waals surface area contributed by atoms with Gasteiger partial charge in [0, 0.05) is 6.61 Å². The van der Waals surface area contributed by atoms with Gasteiger partial charge in [0.1, 0.15) is 0 Å². The highest BCUT2D eigenvalue weighted by Crippen LogP contribution is 2.38. The average molecular weight is 142 g/mol. The molecule has 0 aliphatic heterocycles. The summed E-state index contributed by atoms with van der Waals surface area (Å²) >= 11 is 0. The minimum atomic E-state index is 0.382. The van der Waals surface area contributed by atoms with E-state index < -0.39 is 0 Å². The molecule has 0 spiro atoms. The van der Waals surface area contributed by atoms with Crippen molar-refractivity contribution in [2.24, 2.45) is 11.8 Å². The summed E-state index contributed by atoms with van der Waals surface area (Å²) in [5, 5.41) is 8.56. The van der Waals surface area contributed by atoms with Crippen LogP contribution < -0.4 is 0 Å². The first-order valence-corrected chi connectivity index (χ1v) is 4.47. The molecule has 1 aliphatic rings. The van der Waals surface area contributed by atoms with E-state index in [4.69, 9.17) is 5.11 Å². The summed E-state index contributed by atoms with van der Waals surface area (Å²) in [6.45, 7) is 2.65. The van der Waals surface area contributed by atoms with E-state index in [1.54, 1.807) is 0 Å². The molecule has 1 fully saturated rings. The molecule has 0 aromatic heterocycles. The fourth-order valence-corrected chi connectivity index (χ4v) is 1.82. The van der Waals surface area contributed by atoms with Crippen LogP contribution in [0.3, 0.4) is 0 Å². The van der Waals surface area contributed by atoms with Gasteiger partial charge in [-0.1, -0.05) is 13.3 Å². The second-order valence-electron chi connectivity index (χ2n) is 3.48. The van der Waals surface area contributed by atoms with Crippen LogP contribution in [0.4, 0.5) is 0 Å². The molecule has 0 atom stereocenters. The van der Waals surface area contributed by atoms with Crippen molar-refractivity contribution in [1.82, 2.24) is 0 Å². The van der Waals surface area contributed by atoms with Crippen LogP contribution in [-0.4, -0.2) is 11.7 Å². The van der Waals surface area contributed by atoms with E-state index in [0.717, 1.165) is 18.3 Å². The van der Waals surface area contributed by atoms with Crippen LogP contribution in [0.2, 0.25) is 0 Å². The third-order valence-electron chi connectivity index (χ3n) is 2.68. The summed E-state index contributed by atoms with van der Waals surface area (Å²) in [7, 11) is 0. The maximum Gasteiger partial charge on any atom is 0.0431 e. The highest BCUT2D eigenvalue weighted by Gasteiger charge is 2.26. The van der Waals surface area contributed by atoms with Crippen molar-refractivity contribution in [3.05, 3.63) is 0 Å². The summed E-state index contributed by atoms with van der Waals surface area (Å²) < 4.78 is 0. The number of aliphatic hydroxyl groups is 1. The van der Waals surface area contributed by atoms with Gasteiger partial charge in [-0.15, -0.1) is 0 Å². The van der Waals surface area contributed by atoms with Crippen LogP contribution in [0.15, 0.2) is 0 Å². The summed E-state index contributed by atoms with van der Waals surface area (Å²) in [6.07, 6.45) is 6.48. The topological polar surface area (TPSA) is 20.2 Å². The van der Waals surface area contributed by atoms with Gasteiger partial charge in [-0.3, -0.25) is 0 Å². The Bertz CT molecular complexity index is 82.0. The maximum absolute atomic E-state index is 8.56. The van der Waals surface area contributed by atoms with Gasteiger partial charge in [-0.25, -0.2) is 0 Å². The molecule has 10 heavy (non-hydrogen) atoms. The second-order valence-corrected chi connectivity index (χ2v) is 3.48. The van der Waals surface area contributed by atoms with Crippen LogP contribution in [-0.2, 0) is 0 Å². The molecule has 0 bridgehead atoms. The first-order valence-electron chi connectivity index (χ1n) is 4.47. The number of rotatable bonds is 4. The van der Waals surface area contributed by atoms with Gasteiger partial charge in [0.05, 0.1) is 0 Å². The third kappa shape index (κ3) is 1.98. The molecule has 0 radical (unpaired) electrons. The number of hydrogen-bond donors (Lipinski definition) is 1. The predicted octanol–water partition coefficient (Wildman–Crippen LogP) is 2.20. The second kappa shape index (κ2) is 3.97. The standard InChI is InChI=1S/C9H18O/c1-2-8-6-9(7-8)4-3-5-10/h8-10H,2-7H2,1H3. The molecule has 1 heteroatoms. The van der Waals surface area contributed by atoms with E-state index in [1.165, 1.54) is 25.7 Å². The molecule has 60 valence electrons. The van der Waals surface area contributed by atoms with Crippen molar-refractivity contribution in [3.8, 4) is 0 Å². The molecule has 0 saturated heterocycles. The van der Waals surface area contributed by atoms with Crippen LogP contribution in [0, 0.1) is 11.8 Å². The Labute approximate surface area is 63.4 Å². The van der Waals surface area contributed by atoms with Crippen molar-refractivity contribution >= 4 is 0 Å². The van der Waals surface area contributed by atoms with Crippen LogP contribution in [0.25, 0.3) is 0 Å². The Hall–Kier alpha value is -0.0400. The largest absolute Gasteiger partial charge is 0.396 e. The van der Waals surface area contributed by atoms with Gasteiger partial charge < -0.3 is 5.11 Å². The van der Waals surface area contributed by atoms with Crippen molar-refractivity contribution < 1.29 is 5.11 Å². The van der Waals surface area contributed by atoms with E-state index in [0.29, 0.717) is 6.61 Å². The van der Waals surface area contributed by atoms with E-state index >= 15 is 0 Å². The van der Waals surface area contributed by atoms with Crippen molar-refractivity contribution in [3.63, 3.8) is 0 Å². The van der Waals surface area contributed by atoms with E-state index in [9.17, 15) is 0 Å². The zero-order chi connectivity index (χ0) is 7.40. The average Bonchev–Trinajstić information content (AvgIpc) is 1.86. The molecular weight excluding hydrogens is 124 g/mol. The van der Waals surface area contributed by atoms with Gasteiger partial charge in [0.2, 0.25) is 0 Å². The Morgan fingerprint density at radius 2 is 2.00 bits per heavy atom. The molecule has 0 aromatic rings. The quantitative estimate of drug-likeness (QED) is 0.638. The number of hydrogen-bond acceptors (Lipinski definition) is 1. The van der Waals surface area contributed by atoms with Crippen LogP contribution in [0.1, 0.15) is 39.0 Å². The third-order valence-corrected chi connectivity index (χ3v) is 2.68. The SMILES string of the molecule is CCC1CC(CCCO)C1. The van der Waals surface area contributed by atoms with E-state index in [1.807, 2.05) is 0 Å². The lowest BCUT2D eigenvalue weighted by Gasteiger charge is -2.34. The van der Waals surface area contributed by atoms with Crippen molar-refractivity contribution in [1.29, 1.82) is 0 Å². The maximum atomic E-state index is 8.56. The molecule has 1 N–H and O–H groups in total. The lowest BCUT2D eigenvalue weighted by atomic mass is 9.72. The molecule has 0 amide bonds. The van der Waals surface area contributed by atoms with Crippen molar-refractivity contribution in [2.75, 3.05) is 6.61 Å². The lowest BCUT2D eigenvalue weighted by molar-refractivity contribution is 0.161. The molecule has 1 nitrogen and oxygen atoms in total. The Morgan fingerprint density at radius 3 is 2.50 bits per heavy atom. The minimum Gasteiger partial charge on any atom is -0.396 e. The highest BCUT2D eigenvalue weighted by molar-refractivity contribution is 4.77. The molecule has 0 heterocycles. The first kappa shape index (κ1) is 8.06. The highest BCUT2D eigenvalue weighted by atomic mass is 16.2. The molecule has 0 unspecified atom stereocenters. The molecule has 1 saturated carbocycles. The Kier molecular flexibility index (Phi) is 3.20. The normalized spacial score (nSPS) is 31.8. The van der Waals surface area contributed by atoms with Crippen LogP contribution >= 0.6 is 0 Å². The fourth-order valence-electron chi connectivity index (χ4n) is 1.82. The molecular formula is C9H18O. The first-order chi connectivity index (χ1) is 4.86. The zero-order valence-electron chi connectivity index (χ0n) is 6.84. The summed E-state index contributed by atoms with van der Waals surface area (Å²) in [6, 6.07) is 0. The molecule has 1 rings (SSSR count). The van der Waals surface area contributed by atoms with Gasteiger partial charge in [0.25, 0.3) is 0 Å². The smallest absolute Gasteiger partial charge is 0.0431 e. The van der Waals surface area contributed by atoms with Crippen molar-refractivity contribution in [2.45, 2.75) is 39.0 Å². The van der Waals surface area contributed by atoms with E-state index in [2.05, 4.69) is 6.92 Å². The lowest BCUT2D eigenvalue weighted by Crippen LogP contribution is -2.22. The number of aliphatic hydroxyl groups excluding tert-OH is 1. The summed E-state index contributed by atoms with van der Waals surface area (Å²) in [5.41, 5.74) is 0. The zero-order valence-corrected chi connectivity index (χ0v) is 6.84. The fraction of sp³-hybridized carbons (Fsp3) is 1.00. The summed E-state index contributed by atoms with van der Waals surface area (Å²) in [5.74, 6) is 1.97. The van der Waals surface area contributed by atoms with Gasteiger partial charge in [0.15, 0.2) is 0 Å². The van der Waals surface area contributed by atoms with Gasteiger partial charge in [-0.2, -0.15) is 0 Å². The van der Waals surface area contributed by atoms with Crippen LogP contribution in [0.5, 0.6) is 0 Å².